The lowest BCUT2D eigenvalue weighted by Gasteiger charge is -2.09. The molecule has 0 aliphatic rings. The van der Waals surface area contributed by atoms with E-state index in [4.69, 9.17) is 5.73 Å². The molecule has 0 heterocycles. The van der Waals surface area contributed by atoms with Crippen molar-refractivity contribution in [2.45, 2.75) is 6.36 Å². The summed E-state index contributed by atoms with van der Waals surface area (Å²) in [6.07, 6.45) is -3.33. The number of nitrogen functional groups attached to an aromatic ring is 1. The molecule has 0 aliphatic carbocycles. The zero-order chi connectivity index (χ0) is 10.8. The second kappa shape index (κ2) is 3.61. The van der Waals surface area contributed by atoms with Gasteiger partial charge in [-0.1, -0.05) is 12.7 Å². The van der Waals surface area contributed by atoms with Crippen LogP contribution in [0.25, 0.3) is 6.08 Å². The fourth-order valence-electron chi connectivity index (χ4n) is 0.927. The van der Waals surface area contributed by atoms with Gasteiger partial charge in [-0.15, -0.1) is 13.2 Å². The van der Waals surface area contributed by atoms with Crippen LogP contribution in [0.2, 0.25) is 0 Å². The summed E-state index contributed by atoms with van der Waals surface area (Å²) >= 11 is 0. The lowest BCUT2D eigenvalue weighted by molar-refractivity contribution is -0.274. The van der Waals surface area contributed by atoms with Gasteiger partial charge in [0.2, 0.25) is 0 Å². The van der Waals surface area contributed by atoms with E-state index in [-0.39, 0.29) is 5.75 Å². The molecular formula is C9H8F3NO. The molecule has 14 heavy (non-hydrogen) atoms. The van der Waals surface area contributed by atoms with Crippen LogP contribution in [0.1, 0.15) is 5.56 Å². The Morgan fingerprint density at radius 2 is 2.00 bits per heavy atom. The molecule has 0 saturated carbocycles. The van der Waals surface area contributed by atoms with Crippen LogP contribution in [0.15, 0.2) is 24.8 Å². The van der Waals surface area contributed by atoms with E-state index in [2.05, 4.69) is 11.3 Å². The van der Waals surface area contributed by atoms with Crippen molar-refractivity contribution in [1.82, 2.24) is 0 Å². The Labute approximate surface area is 78.8 Å². The highest BCUT2D eigenvalue weighted by molar-refractivity contribution is 5.65. The quantitative estimate of drug-likeness (QED) is 0.750. The lowest BCUT2D eigenvalue weighted by Crippen LogP contribution is -2.17. The van der Waals surface area contributed by atoms with Crippen LogP contribution in [0.3, 0.4) is 0 Å². The lowest BCUT2D eigenvalue weighted by atomic mass is 10.2. The summed E-state index contributed by atoms with van der Waals surface area (Å²) < 4.78 is 39.1. The molecule has 76 valence electrons. The topological polar surface area (TPSA) is 35.2 Å². The van der Waals surface area contributed by atoms with Gasteiger partial charge in [0.05, 0.1) is 0 Å². The van der Waals surface area contributed by atoms with Gasteiger partial charge in [-0.2, -0.15) is 0 Å². The maximum atomic E-state index is 11.8. The number of nitrogens with two attached hydrogens (primary N) is 1. The Morgan fingerprint density at radius 1 is 1.36 bits per heavy atom. The number of hydrogen-bond acceptors (Lipinski definition) is 2. The average molecular weight is 203 g/mol. The predicted octanol–water partition coefficient (Wildman–Crippen LogP) is 2.81. The summed E-state index contributed by atoms with van der Waals surface area (Å²) in [5, 5.41) is 0. The van der Waals surface area contributed by atoms with Crippen LogP contribution >= 0.6 is 0 Å². The van der Waals surface area contributed by atoms with Gasteiger partial charge in [0.25, 0.3) is 0 Å². The minimum absolute atomic E-state index is 0.304. The van der Waals surface area contributed by atoms with Crippen LogP contribution in [0.4, 0.5) is 18.9 Å². The van der Waals surface area contributed by atoms with E-state index in [9.17, 15) is 13.2 Å². The molecule has 0 saturated heterocycles. The molecule has 0 radical (unpaired) electrons. The average Bonchev–Trinajstić information content (AvgIpc) is 2.06. The van der Waals surface area contributed by atoms with Crippen LogP contribution in [-0.2, 0) is 0 Å². The molecule has 0 spiro atoms. The van der Waals surface area contributed by atoms with Crippen molar-refractivity contribution in [2.75, 3.05) is 5.73 Å². The van der Waals surface area contributed by atoms with Gasteiger partial charge in [0.1, 0.15) is 5.75 Å². The fraction of sp³-hybridized carbons (Fsp3) is 0.111. The normalized spacial score (nSPS) is 11.1. The molecule has 0 fully saturated rings. The molecule has 0 atom stereocenters. The van der Waals surface area contributed by atoms with Crippen LogP contribution in [0.5, 0.6) is 5.75 Å². The Hall–Kier alpha value is -1.65. The Morgan fingerprint density at radius 3 is 2.50 bits per heavy atom. The van der Waals surface area contributed by atoms with Gasteiger partial charge in [-0.25, -0.2) is 0 Å². The van der Waals surface area contributed by atoms with Crippen molar-refractivity contribution in [2.24, 2.45) is 0 Å². The zero-order valence-electron chi connectivity index (χ0n) is 7.14. The van der Waals surface area contributed by atoms with Gasteiger partial charge in [-0.05, 0) is 18.2 Å². The van der Waals surface area contributed by atoms with E-state index in [1.54, 1.807) is 0 Å². The highest BCUT2D eigenvalue weighted by Gasteiger charge is 2.31. The van der Waals surface area contributed by atoms with E-state index in [0.717, 1.165) is 6.07 Å². The maximum Gasteiger partial charge on any atom is 0.573 e. The second-order valence-corrected chi connectivity index (χ2v) is 2.54. The monoisotopic (exact) mass is 203 g/mol. The third kappa shape index (κ3) is 2.69. The second-order valence-electron chi connectivity index (χ2n) is 2.54. The van der Waals surface area contributed by atoms with Gasteiger partial charge in [-0.3, -0.25) is 0 Å². The molecule has 0 amide bonds. The van der Waals surface area contributed by atoms with Crippen molar-refractivity contribution in [3.63, 3.8) is 0 Å². The van der Waals surface area contributed by atoms with Crippen LogP contribution in [0, 0.1) is 0 Å². The number of alkyl halides is 3. The summed E-state index contributed by atoms with van der Waals surface area (Å²) in [5.74, 6) is -0.304. The first kappa shape index (κ1) is 10.4. The van der Waals surface area contributed by atoms with Crippen LogP contribution in [-0.4, -0.2) is 6.36 Å². The molecule has 0 bridgehead atoms. The maximum absolute atomic E-state index is 11.8. The number of hydrogen-bond donors (Lipinski definition) is 1. The van der Waals surface area contributed by atoms with Gasteiger partial charge < -0.3 is 10.5 Å². The summed E-state index contributed by atoms with van der Waals surface area (Å²) in [5.41, 5.74) is 6.22. The first-order chi connectivity index (χ1) is 6.42. The highest BCUT2D eigenvalue weighted by Crippen LogP contribution is 2.26. The molecule has 0 unspecified atom stereocenters. The van der Waals surface area contributed by atoms with Gasteiger partial charge >= 0.3 is 6.36 Å². The molecule has 5 heteroatoms. The third-order valence-electron chi connectivity index (χ3n) is 1.51. The number of ether oxygens (including phenoxy) is 1. The standard InChI is InChI=1S/C9H8F3NO/c1-2-6-5-7(3-4-8(6)13)14-9(10,11)12/h2-5H,1,13H2. The van der Waals surface area contributed by atoms with Crippen molar-refractivity contribution < 1.29 is 17.9 Å². The molecule has 1 aromatic rings. The van der Waals surface area contributed by atoms with E-state index in [0.29, 0.717) is 11.3 Å². The molecule has 2 N–H and O–H groups in total. The molecule has 2 nitrogen and oxygen atoms in total. The van der Waals surface area contributed by atoms with E-state index in [1.807, 2.05) is 0 Å². The highest BCUT2D eigenvalue weighted by atomic mass is 19.4. The first-order valence-electron chi connectivity index (χ1n) is 3.70. The SMILES string of the molecule is C=Cc1cc(OC(F)(F)F)ccc1N. The van der Waals surface area contributed by atoms with Crippen molar-refractivity contribution >= 4 is 11.8 Å². The molecule has 0 aliphatic heterocycles. The minimum atomic E-state index is -4.69. The molecule has 1 rings (SSSR count). The fourth-order valence-corrected chi connectivity index (χ4v) is 0.927. The van der Waals surface area contributed by atoms with Crippen molar-refractivity contribution in [3.8, 4) is 5.75 Å². The largest absolute Gasteiger partial charge is 0.573 e. The summed E-state index contributed by atoms with van der Waals surface area (Å²) in [7, 11) is 0. The summed E-state index contributed by atoms with van der Waals surface area (Å²) in [4.78, 5) is 0. The minimum Gasteiger partial charge on any atom is -0.406 e. The van der Waals surface area contributed by atoms with Crippen molar-refractivity contribution in [3.05, 3.63) is 30.3 Å². The Balaban J connectivity index is 2.95. The molecule has 0 aromatic heterocycles. The summed E-state index contributed by atoms with van der Waals surface area (Å²) in [6.45, 7) is 3.41. The van der Waals surface area contributed by atoms with Crippen LogP contribution < -0.4 is 10.5 Å². The van der Waals surface area contributed by atoms with Gasteiger partial charge in [0.15, 0.2) is 0 Å². The third-order valence-corrected chi connectivity index (χ3v) is 1.51. The van der Waals surface area contributed by atoms with E-state index < -0.39 is 6.36 Å². The summed E-state index contributed by atoms with van der Waals surface area (Å²) in [6, 6.07) is 3.66. The van der Waals surface area contributed by atoms with Crippen molar-refractivity contribution in [1.29, 1.82) is 0 Å². The molecule has 1 aromatic carbocycles. The Kier molecular flexibility index (Phi) is 2.69. The number of benzene rings is 1. The number of halogens is 3. The number of rotatable bonds is 2. The molecular weight excluding hydrogens is 195 g/mol. The zero-order valence-corrected chi connectivity index (χ0v) is 7.14. The Bertz CT molecular complexity index is 346. The smallest absolute Gasteiger partial charge is 0.406 e. The van der Waals surface area contributed by atoms with Gasteiger partial charge in [0, 0.05) is 11.3 Å². The van der Waals surface area contributed by atoms with E-state index >= 15 is 0 Å². The number of anilines is 1. The first-order valence-corrected chi connectivity index (χ1v) is 3.70. The predicted molar refractivity (Wildman–Crippen MR) is 47.6 cm³/mol. The van der Waals surface area contributed by atoms with E-state index in [1.165, 1.54) is 18.2 Å².